The van der Waals surface area contributed by atoms with Gasteiger partial charge in [0.05, 0.1) is 12.3 Å². The van der Waals surface area contributed by atoms with Crippen LogP contribution in [0.25, 0.3) is 10.8 Å². The summed E-state index contributed by atoms with van der Waals surface area (Å²) in [4.78, 5) is 27.0. The lowest BCUT2D eigenvalue weighted by atomic mass is 10.1. The van der Waals surface area contributed by atoms with E-state index in [9.17, 15) is 9.59 Å². The van der Waals surface area contributed by atoms with E-state index in [1.165, 1.54) is 0 Å². The number of nitrogens with zero attached hydrogens (tertiary/aromatic N) is 1. The highest BCUT2D eigenvalue weighted by atomic mass is 32.2. The number of fused-ring (bicyclic) bond motifs is 1. The van der Waals surface area contributed by atoms with Gasteiger partial charge in [-0.05, 0) is 34.7 Å². The lowest BCUT2D eigenvalue weighted by Crippen LogP contribution is -2.28. The maximum atomic E-state index is 12.6. The molecular weight excluding hydrogens is 456 g/mol. The van der Waals surface area contributed by atoms with Gasteiger partial charge < -0.3 is 15.0 Å². The van der Waals surface area contributed by atoms with Crippen molar-refractivity contribution in [2.45, 2.75) is 11.9 Å². The molecule has 5 nitrogen and oxygen atoms in total. The predicted molar refractivity (Wildman–Crippen MR) is 140 cm³/mol. The first kappa shape index (κ1) is 23.0. The Kier molecular flexibility index (Phi) is 7.00. The van der Waals surface area contributed by atoms with E-state index in [1.807, 2.05) is 89.8 Å². The normalized spacial score (nSPS) is 15.4. The summed E-state index contributed by atoms with van der Waals surface area (Å²) in [5, 5.41) is 5.05. The quantitative estimate of drug-likeness (QED) is 0.341. The van der Waals surface area contributed by atoms with Crippen LogP contribution in [0.4, 0.5) is 0 Å². The Hall–Kier alpha value is -3.77. The number of hydrogen-bond donors (Lipinski definition) is 1. The molecule has 0 radical (unpaired) electrons. The molecular formula is C29H26N2O3S. The van der Waals surface area contributed by atoms with Gasteiger partial charge in [0.2, 0.25) is 5.91 Å². The summed E-state index contributed by atoms with van der Waals surface area (Å²) in [6, 6.07) is 31.6. The molecule has 2 amide bonds. The van der Waals surface area contributed by atoms with Gasteiger partial charge in [-0.15, -0.1) is 11.8 Å². The lowest BCUT2D eigenvalue weighted by Gasteiger charge is -2.24. The standard InChI is InChI=1S/C29H26N2O3S/c32-27-20-35-29(31(27)19-21-7-2-1-3-8-21)24-15-13-23(14-16-24)28(33)30-17-18-34-26-12-6-10-22-9-4-5-11-25(22)26/h1-16,29H,17-20H2,(H,30,33)/t29-/m0/s1. The van der Waals surface area contributed by atoms with E-state index in [4.69, 9.17) is 4.74 Å². The second-order valence-corrected chi connectivity index (χ2v) is 9.44. The van der Waals surface area contributed by atoms with Crippen LogP contribution in [0.1, 0.15) is 26.9 Å². The van der Waals surface area contributed by atoms with E-state index in [0.29, 0.717) is 31.0 Å². The molecule has 1 saturated heterocycles. The van der Waals surface area contributed by atoms with Crippen molar-refractivity contribution >= 4 is 34.3 Å². The topological polar surface area (TPSA) is 58.6 Å². The van der Waals surface area contributed by atoms with Crippen LogP contribution in [0.5, 0.6) is 5.75 Å². The average Bonchev–Trinajstić information content (AvgIpc) is 3.27. The minimum Gasteiger partial charge on any atom is -0.491 e. The van der Waals surface area contributed by atoms with Crippen LogP contribution in [0, 0.1) is 0 Å². The number of benzene rings is 4. The van der Waals surface area contributed by atoms with Crippen molar-refractivity contribution in [1.82, 2.24) is 10.2 Å². The van der Waals surface area contributed by atoms with E-state index < -0.39 is 0 Å². The molecule has 0 aliphatic carbocycles. The molecule has 0 saturated carbocycles. The molecule has 176 valence electrons. The molecule has 0 spiro atoms. The summed E-state index contributed by atoms with van der Waals surface area (Å²) >= 11 is 1.62. The van der Waals surface area contributed by atoms with Crippen molar-refractivity contribution in [2.24, 2.45) is 0 Å². The molecule has 0 aromatic heterocycles. The van der Waals surface area contributed by atoms with Crippen LogP contribution in [-0.4, -0.2) is 35.6 Å². The number of ether oxygens (including phenoxy) is 1. The van der Waals surface area contributed by atoms with E-state index >= 15 is 0 Å². The summed E-state index contributed by atoms with van der Waals surface area (Å²) in [5.41, 5.74) is 2.71. The minimum absolute atomic E-state index is 0.0473. The first-order chi connectivity index (χ1) is 17.2. The van der Waals surface area contributed by atoms with Gasteiger partial charge in [0, 0.05) is 17.5 Å². The van der Waals surface area contributed by atoms with Crippen molar-refractivity contribution in [3.63, 3.8) is 0 Å². The summed E-state index contributed by atoms with van der Waals surface area (Å²) in [7, 11) is 0. The second-order valence-electron chi connectivity index (χ2n) is 8.37. The fourth-order valence-electron chi connectivity index (χ4n) is 4.23. The lowest BCUT2D eigenvalue weighted by molar-refractivity contribution is -0.128. The molecule has 1 aliphatic rings. The van der Waals surface area contributed by atoms with E-state index in [2.05, 4.69) is 17.4 Å². The number of nitrogens with one attached hydrogen (secondary N) is 1. The Balaban J connectivity index is 1.16. The fraction of sp³-hybridized carbons (Fsp3) is 0.172. The SMILES string of the molecule is O=C(NCCOc1cccc2ccccc12)c1ccc([C@@H]2SCC(=O)N2Cc2ccccc2)cc1. The largest absolute Gasteiger partial charge is 0.491 e. The monoisotopic (exact) mass is 482 g/mol. The maximum absolute atomic E-state index is 12.6. The van der Waals surface area contributed by atoms with Gasteiger partial charge in [-0.2, -0.15) is 0 Å². The van der Waals surface area contributed by atoms with Gasteiger partial charge in [0.15, 0.2) is 0 Å². The Labute approximate surface area is 209 Å². The highest BCUT2D eigenvalue weighted by molar-refractivity contribution is 8.00. The van der Waals surface area contributed by atoms with Crippen LogP contribution in [0.3, 0.4) is 0 Å². The van der Waals surface area contributed by atoms with Gasteiger partial charge in [0.1, 0.15) is 17.7 Å². The number of thioether (sulfide) groups is 1. The first-order valence-corrected chi connectivity index (χ1v) is 12.7. The van der Waals surface area contributed by atoms with Crippen LogP contribution in [0.15, 0.2) is 97.1 Å². The average molecular weight is 483 g/mol. The molecule has 1 N–H and O–H groups in total. The van der Waals surface area contributed by atoms with Crippen molar-refractivity contribution in [1.29, 1.82) is 0 Å². The highest BCUT2D eigenvalue weighted by Gasteiger charge is 2.32. The zero-order valence-corrected chi connectivity index (χ0v) is 20.0. The molecule has 1 aliphatic heterocycles. The van der Waals surface area contributed by atoms with Gasteiger partial charge >= 0.3 is 0 Å². The highest BCUT2D eigenvalue weighted by Crippen LogP contribution is 2.39. The van der Waals surface area contributed by atoms with Crippen LogP contribution in [0.2, 0.25) is 0 Å². The molecule has 4 aromatic rings. The molecule has 5 rings (SSSR count). The Morgan fingerprint density at radius 1 is 0.914 bits per heavy atom. The Morgan fingerprint density at radius 2 is 1.66 bits per heavy atom. The molecule has 0 bridgehead atoms. The third kappa shape index (κ3) is 5.33. The maximum Gasteiger partial charge on any atom is 0.251 e. The molecule has 6 heteroatoms. The van der Waals surface area contributed by atoms with E-state index in [-0.39, 0.29) is 17.2 Å². The number of rotatable bonds is 8. The molecule has 1 fully saturated rings. The zero-order chi connectivity index (χ0) is 24.0. The van der Waals surface area contributed by atoms with Crippen molar-refractivity contribution in [2.75, 3.05) is 18.9 Å². The molecule has 4 aromatic carbocycles. The summed E-state index contributed by atoms with van der Waals surface area (Å²) < 4.78 is 5.91. The van der Waals surface area contributed by atoms with Crippen LogP contribution in [-0.2, 0) is 11.3 Å². The van der Waals surface area contributed by atoms with E-state index in [1.54, 1.807) is 11.8 Å². The van der Waals surface area contributed by atoms with Crippen molar-refractivity contribution in [3.8, 4) is 5.75 Å². The predicted octanol–water partition coefficient (Wildman–Crippen LogP) is 5.42. The minimum atomic E-state index is -0.144. The van der Waals surface area contributed by atoms with Gasteiger partial charge in [-0.1, -0.05) is 78.9 Å². The second kappa shape index (κ2) is 10.7. The Morgan fingerprint density at radius 3 is 2.49 bits per heavy atom. The van der Waals surface area contributed by atoms with Gasteiger partial charge in [-0.25, -0.2) is 0 Å². The third-order valence-electron chi connectivity index (χ3n) is 6.02. The number of hydrogen-bond acceptors (Lipinski definition) is 4. The number of amides is 2. The smallest absolute Gasteiger partial charge is 0.251 e. The molecule has 1 heterocycles. The van der Waals surface area contributed by atoms with E-state index in [0.717, 1.165) is 27.6 Å². The molecule has 35 heavy (non-hydrogen) atoms. The van der Waals surface area contributed by atoms with Crippen molar-refractivity contribution < 1.29 is 14.3 Å². The Bertz CT molecular complexity index is 1320. The number of carbonyl (C=O) groups is 2. The number of carbonyl (C=O) groups excluding carboxylic acids is 2. The summed E-state index contributed by atoms with van der Waals surface area (Å²) in [6.07, 6.45) is 0. The summed E-state index contributed by atoms with van der Waals surface area (Å²) in [5.74, 6) is 1.27. The van der Waals surface area contributed by atoms with Gasteiger partial charge in [0.25, 0.3) is 5.91 Å². The van der Waals surface area contributed by atoms with Crippen molar-refractivity contribution in [3.05, 3.63) is 114 Å². The third-order valence-corrected chi connectivity index (χ3v) is 7.27. The van der Waals surface area contributed by atoms with Gasteiger partial charge in [-0.3, -0.25) is 9.59 Å². The fourth-order valence-corrected chi connectivity index (χ4v) is 5.42. The summed E-state index contributed by atoms with van der Waals surface area (Å²) in [6.45, 7) is 1.37. The van der Waals surface area contributed by atoms with Crippen LogP contribution >= 0.6 is 11.8 Å². The molecule has 1 atom stereocenters. The first-order valence-electron chi connectivity index (χ1n) is 11.6. The zero-order valence-electron chi connectivity index (χ0n) is 19.2. The van der Waals surface area contributed by atoms with Crippen LogP contribution < -0.4 is 10.1 Å². The molecule has 0 unspecified atom stereocenters.